The van der Waals surface area contributed by atoms with Gasteiger partial charge in [-0.2, -0.15) is 0 Å². The van der Waals surface area contributed by atoms with Crippen molar-refractivity contribution in [2.45, 2.75) is 18.9 Å². The Hall–Kier alpha value is -1.30. The van der Waals surface area contributed by atoms with Gasteiger partial charge in [0, 0.05) is 13.0 Å². The lowest BCUT2D eigenvalue weighted by atomic mass is 10.1. The summed E-state index contributed by atoms with van der Waals surface area (Å²) in [7, 11) is 5.58. The predicted molar refractivity (Wildman–Crippen MR) is 59.4 cm³/mol. The molecule has 15 heavy (non-hydrogen) atoms. The fourth-order valence-electron chi connectivity index (χ4n) is 1.33. The molecule has 0 unspecified atom stereocenters. The molecule has 5 N–H and O–H groups in total. The summed E-state index contributed by atoms with van der Waals surface area (Å²) in [5.74, 6) is -0.737. The molecule has 6 nitrogen and oxygen atoms in total. The van der Waals surface area contributed by atoms with E-state index in [0.717, 1.165) is 0 Å². The molecular formula is C9H21N4O2+. The summed E-state index contributed by atoms with van der Waals surface area (Å²) in [6.45, 7) is 0.478. The summed E-state index contributed by atoms with van der Waals surface area (Å²) in [6.07, 6.45) is 1.24. The molecule has 1 atom stereocenters. The molecule has 0 amide bonds. The van der Waals surface area contributed by atoms with Crippen molar-refractivity contribution >= 4 is 11.9 Å². The van der Waals surface area contributed by atoms with E-state index in [1.165, 1.54) is 0 Å². The fourth-order valence-corrected chi connectivity index (χ4v) is 1.33. The highest BCUT2D eigenvalue weighted by Crippen LogP contribution is 2.10. The van der Waals surface area contributed by atoms with E-state index in [2.05, 4.69) is 4.99 Å². The maximum atomic E-state index is 11.0. The summed E-state index contributed by atoms with van der Waals surface area (Å²) in [4.78, 5) is 14.8. The summed E-state index contributed by atoms with van der Waals surface area (Å²) < 4.78 is 0.400. The van der Waals surface area contributed by atoms with Gasteiger partial charge in [0.25, 0.3) is 0 Å². The Morgan fingerprint density at radius 1 is 1.40 bits per heavy atom. The second-order valence-electron chi connectivity index (χ2n) is 4.42. The van der Waals surface area contributed by atoms with Gasteiger partial charge in [0.05, 0.1) is 21.1 Å². The third-order valence-electron chi connectivity index (χ3n) is 2.15. The van der Waals surface area contributed by atoms with Crippen LogP contribution in [0.4, 0.5) is 0 Å². The van der Waals surface area contributed by atoms with E-state index in [9.17, 15) is 4.79 Å². The maximum Gasteiger partial charge on any atom is 0.362 e. The molecule has 0 bridgehead atoms. The number of nitrogens with zero attached hydrogens (tertiary/aromatic N) is 2. The molecule has 0 aromatic rings. The summed E-state index contributed by atoms with van der Waals surface area (Å²) in [5, 5.41) is 9.02. The Labute approximate surface area is 90.2 Å². The number of hydrogen-bond acceptors (Lipinski definition) is 2. The number of hydrogen-bond donors (Lipinski definition) is 3. The van der Waals surface area contributed by atoms with Gasteiger partial charge in [-0.1, -0.05) is 0 Å². The number of carboxylic acid groups (broad SMARTS) is 1. The third-order valence-corrected chi connectivity index (χ3v) is 2.15. The zero-order valence-electron chi connectivity index (χ0n) is 9.60. The van der Waals surface area contributed by atoms with Crippen LogP contribution in [-0.4, -0.2) is 55.2 Å². The number of guanidine groups is 1. The molecule has 0 aromatic carbocycles. The van der Waals surface area contributed by atoms with Crippen LogP contribution in [0.25, 0.3) is 0 Å². The van der Waals surface area contributed by atoms with Gasteiger partial charge in [-0.05, 0) is 6.42 Å². The first-order valence-electron chi connectivity index (χ1n) is 4.84. The number of quaternary nitrogens is 1. The van der Waals surface area contributed by atoms with Crippen LogP contribution in [0.2, 0.25) is 0 Å². The molecule has 0 saturated heterocycles. The molecule has 0 heterocycles. The molecule has 0 rings (SSSR count). The van der Waals surface area contributed by atoms with E-state index in [1.54, 1.807) is 0 Å². The molecule has 0 radical (unpaired) electrons. The Balaban J connectivity index is 4.11. The van der Waals surface area contributed by atoms with Crippen LogP contribution < -0.4 is 11.5 Å². The van der Waals surface area contributed by atoms with E-state index in [1.807, 2.05) is 21.1 Å². The lowest BCUT2D eigenvalue weighted by Gasteiger charge is -2.30. The highest BCUT2D eigenvalue weighted by molar-refractivity contribution is 5.75. The lowest BCUT2D eigenvalue weighted by molar-refractivity contribution is -0.887. The van der Waals surface area contributed by atoms with Crippen molar-refractivity contribution in [1.82, 2.24) is 0 Å². The number of likely N-dealkylation sites (N-methyl/N-ethyl adjacent to an activating group) is 1. The predicted octanol–water partition coefficient (Wildman–Crippen LogP) is -0.801. The molecule has 0 saturated carbocycles. The molecule has 0 aliphatic carbocycles. The normalized spacial score (nSPS) is 13.3. The van der Waals surface area contributed by atoms with Crippen LogP contribution in [0, 0.1) is 0 Å². The molecule has 0 aliphatic heterocycles. The number of nitrogens with two attached hydrogens (primary N) is 2. The molecule has 88 valence electrons. The average Bonchev–Trinajstić information content (AvgIpc) is 1.99. The van der Waals surface area contributed by atoms with E-state index in [0.29, 0.717) is 23.9 Å². The number of carbonyl (C=O) groups is 1. The van der Waals surface area contributed by atoms with Gasteiger partial charge >= 0.3 is 5.97 Å². The first-order chi connectivity index (χ1) is 6.75. The molecule has 0 aliphatic rings. The fraction of sp³-hybridized carbons (Fsp3) is 0.778. The summed E-state index contributed by atoms with van der Waals surface area (Å²) in [5.41, 5.74) is 10.3. The third kappa shape index (κ3) is 5.90. The van der Waals surface area contributed by atoms with E-state index < -0.39 is 12.0 Å². The second kappa shape index (κ2) is 5.55. The first-order valence-corrected chi connectivity index (χ1v) is 4.84. The van der Waals surface area contributed by atoms with Gasteiger partial charge in [0.1, 0.15) is 0 Å². The van der Waals surface area contributed by atoms with E-state index >= 15 is 0 Å². The number of rotatable bonds is 6. The van der Waals surface area contributed by atoms with Crippen molar-refractivity contribution in [3.8, 4) is 0 Å². The van der Waals surface area contributed by atoms with Crippen molar-refractivity contribution in [2.24, 2.45) is 16.5 Å². The zero-order chi connectivity index (χ0) is 12.1. The molecule has 6 heteroatoms. The molecule has 0 spiro atoms. The minimum atomic E-state index is -0.785. The Kier molecular flexibility index (Phi) is 5.07. The quantitative estimate of drug-likeness (QED) is 0.234. The van der Waals surface area contributed by atoms with Gasteiger partial charge in [0.15, 0.2) is 12.0 Å². The van der Waals surface area contributed by atoms with Crippen LogP contribution >= 0.6 is 0 Å². The smallest absolute Gasteiger partial charge is 0.362 e. The number of aliphatic imine (C=N–C) groups is 1. The topological polar surface area (TPSA) is 102 Å². The van der Waals surface area contributed by atoms with Crippen molar-refractivity contribution in [3.05, 3.63) is 0 Å². The molecular weight excluding hydrogens is 196 g/mol. The maximum absolute atomic E-state index is 11.0. The van der Waals surface area contributed by atoms with Gasteiger partial charge in [-0.3, -0.25) is 4.99 Å². The van der Waals surface area contributed by atoms with Gasteiger partial charge < -0.3 is 21.1 Å². The lowest BCUT2D eigenvalue weighted by Crippen LogP contribution is -2.49. The minimum absolute atomic E-state index is 0.0483. The van der Waals surface area contributed by atoms with Crippen LogP contribution in [0.15, 0.2) is 4.99 Å². The number of aliphatic carboxylic acids is 1. The first kappa shape index (κ1) is 13.7. The Morgan fingerprint density at radius 2 is 1.93 bits per heavy atom. The zero-order valence-corrected chi connectivity index (χ0v) is 9.60. The number of carboxylic acids is 1. The van der Waals surface area contributed by atoms with Crippen molar-refractivity contribution in [3.63, 3.8) is 0 Å². The highest BCUT2D eigenvalue weighted by Gasteiger charge is 2.30. The molecule has 0 fully saturated rings. The SMILES string of the molecule is C[N+](C)(C)[C@@H](CCCN=C(N)N)C(=O)O. The largest absolute Gasteiger partial charge is 0.477 e. The van der Waals surface area contributed by atoms with Crippen LogP contribution in [-0.2, 0) is 4.79 Å². The van der Waals surface area contributed by atoms with Crippen LogP contribution in [0.1, 0.15) is 12.8 Å². The summed E-state index contributed by atoms with van der Waals surface area (Å²) >= 11 is 0. The van der Waals surface area contributed by atoms with Crippen molar-refractivity contribution in [1.29, 1.82) is 0 Å². The van der Waals surface area contributed by atoms with E-state index in [4.69, 9.17) is 16.6 Å². The van der Waals surface area contributed by atoms with Crippen LogP contribution in [0.3, 0.4) is 0 Å². The highest BCUT2D eigenvalue weighted by atomic mass is 16.4. The standard InChI is InChI=1S/C9H20N4O2/c1-13(2,3)7(8(14)15)5-4-6-12-9(10)11/h7H,4-6H2,1-3H3,(H4-,10,11,12,14,15)/p+1/t7-/m0/s1. The average molecular weight is 217 g/mol. The van der Waals surface area contributed by atoms with E-state index in [-0.39, 0.29) is 5.96 Å². The molecule has 0 aromatic heterocycles. The Morgan fingerprint density at radius 3 is 2.27 bits per heavy atom. The monoisotopic (exact) mass is 217 g/mol. The Bertz CT molecular complexity index is 241. The second-order valence-corrected chi connectivity index (χ2v) is 4.42. The van der Waals surface area contributed by atoms with Crippen molar-refractivity contribution < 1.29 is 14.4 Å². The van der Waals surface area contributed by atoms with Crippen molar-refractivity contribution in [2.75, 3.05) is 27.7 Å². The minimum Gasteiger partial charge on any atom is -0.477 e. The van der Waals surface area contributed by atoms with Gasteiger partial charge in [0.2, 0.25) is 0 Å². The summed E-state index contributed by atoms with van der Waals surface area (Å²) in [6, 6.07) is -0.417. The van der Waals surface area contributed by atoms with Gasteiger partial charge in [-0.15, -0.1) is 0 Å². The van der Waals surface area contributed by atoms with Crippen LogP contribution in [0.5, 0.6) is 0 Å². The van der Waals surface area contributed by atoms with Gasteiger partial charge in [-0.25, -0.2) is 4.79 Å².